The van der Waals surface area contributed by atoms with E-state index in [-0.39, 0.29) is 36.9 Å². The van der Waals surface area contributed by atoms with Crippen molar-refractivity contribution in [2.45, 2.75) is 18.9 Å². The van der Waals surface area contributed by atoms with Gasteiger partial charge < -0.3 is 9.64 Å². The molecule has 9 heteroatoms. The highest BCUT2D eigenvalue weighted by Gasteiger charge is 2.39. The van der Waals surface area contributed by atoms with Gasteiger partial charge in [0.1, 0.15) is 18.9 Å². The van der Waals surface area contributed by atoms with E-state index in [4.69, 9.17) is 4.74 Å². The predicted molar refractivity (Wildman–Crippen MR) is 95.2 cm³/mol. The standard InChI is InChI=1S/C17H23N3O5S/c1-18-16(21)13-20(17(18)22)14-7-9-19(10-8-14)26(23,24)12-11-25-15-5-3-2-4-6-15/h2-6,14H,7-13H2,1H3. The monoisotopic (exact) mass is 381 g/mol. The van der Waals surface area contributed by atoms with Crippen molar-refractivity contribution in [3.63, 3.8) is 0 Å². The smallest absolute Gasteiger partial charge is 0.327 e. The van der Waals surface area contributed by atoms with Crippen molar-refractivity contribution in [3.8, 4) is 5.75 Å². The number of rotatable bonds is 6. The Morgan fingerprint density at radius 1 is 1.12 bits per heavy atom. The molecule has 0 radical (unpaired) electrons. The number of benzene rings is 1. The summed E-state index contributed by atoms with van der Waals surface area (Å²) >= 11 is 0. The quantitative estimate of drug-likeness (QED) is 0.679. The van der Waals surface area contributed by atoms with Gasteiger partial charge in [-0.05, 0) is 25.0 Å². The minimum absolute atomic E-state index is 0.0810. The first-order valence-electron chi connectivity index (χ1n) is 8.61. The fourth-order valence-electron chi connectivity index (χ4n) is 3.25. The van der Waals surface area contributed by atoms with Crippen LogP contribution in [0.25, 0.3) is 0 Å². The number of hydrogen-bond acceptors (Lipinski definition) is 5. The largest absolute Gasteiger partial charge is 0.492 e. The third kappa shape index (κ3) is 3.99. The van der Waals surface area contributed by atoms with E-state index in [2.05, 4.69) is 0 Å². The van der Waals surface area contributed by atoms with Crippen LogP contribution in [-0.4, -0.2) is 79.5 Å². The molecule has 2 aliphatic heterocycles. The van der Waals surface area contributed by atoms with E-state index in [9.17, 15) is 18.0 Å². The fraction of sp³-hybridized carbons (Fsp3) is 0.529. The first kappa shape index (κ1) is 18.7. The second kappa shape index (κ2) is 7.63. The number of urea groups is 1. The number of imide groups is 1. The molecule has 0 bridgehead atoms. The molecule has 26 heavy (non-hydrogen) atoms. The molecule has 0 N–H and O–H groups in total. The lowest BCUT2D eigenvalue weighted by Gasteiger charge is -2.35. The average Bonchev–Trinajstić information content (AvgIpc) is 2.90. The Balaban J connectivity index is 1.49. The van der Waals surface area contributed by atoms with Crippen LogP contribution in [-0.2, 0) is 14.8 Å². The van der Waals surface area contributed by atoms with Crippen LogP contribution in [0.4, 0.5) is 4.79 Å². The molecular formula is C17H23N3O5S. The molecule has 8 nitrogen and oxygen atoms in total. The van der Waals surface area contributed by atoms with Gasteiger partial charge in [0.25, 0.3) is 0 Å². The molecule has 3 rings (SSSR count). The summed E-state index contributed by atoms with van der Waals surface area (Å²) in [5.41, 5.74) is 0. The molecule has 0 aliphatic carbocycles. The molecule has 0 saturated carbocycles. The predicted octanol–water partition coefficient (Wildman–Crippen LogP) is 0.754. The number of nitrogens with zero attached hydrogens (tertiary/aromatic N) is 3. The van der Waals surface area contributed by atoms with E-state index in [1.807, 2.05) is 18.2 Å². The number of sulfonamides is 1. The topological polar surface area (TPSA) is 87.2 Å². The summed E-state index contributed by atoms with van der Waals surface area (Å²) in [5.74, 6) is 0.335. The van der Waals surface area contributed by atoms with Gasteiger partial charge in [0.15, 0.2) is 0 Å². The van der Waals surface area contributed by atoms with Gasteiger partial charge in [-0.15, -0.1) is 0 Å². The van der Waals surface area contributed by atoms with E-state index < -0.39 is 10.0 Å². The van der Waals surface area contributed by atoms with Crippen molar-refractivity contribution in [3.05, 3.63) is 30.3 Å². The number of amides is 3. The van der Waals surface area contributed by atoms with Gasteiger partial charge in [-0.2, -0.15) is 0 Å². The molecule has 2 fully saturated rings. The molecule has 1 aromatic rings. The zero-order valence-electron chi connectivity index (χ0n) is 14.7. The van der Waals surface area contributed by atoms with Gasteiger partial charge in [-0.3, -0.25) is 9.69 Å². The summed E-state index contributed by atoms with van der Waals surface area (Å²) in [6, 6.07) is 8.69. The zero-order valence-corrected chi connectivity index (χ0v) is 15.5. The highest BCUT2D eigenvalue weighted by Crippen LogP contribution is 2.23. The normalized spacial score (nSPS) is 20.0. The number of piperidine rings is 1. The Bertz CT molecular complexity index is 760. The molecule has 0 atom stereocenters. The third-order valence-corrected chi connectivity index (χ3v) is 6.66. The SMILES string of the molecule is CN1C(=O)CN(C2CCN(S(=O)(=O)CCOc3ccccc3)CC2)C1=O. The summed E-state index contributed by atoms with van der Waals surface area (Å²) in [5, 5.41) is 0. The van der Waals surface area contributed by atoms with E-state index >= 15 is 0 Å². The summed E-state index contributed by atoms with van der Waals surface area (Å²) in [6.07, 6.45) is 1.07. The first-order valence-corrected chi connectivity index (χ1v) is 10.2. The van der Waals surface area contributed by atoms with Crippen LogP contribution in [0, 0.1) is 0 Å². The minimum atomic E-state index is -3.41. The highest BCUT2D eigenvalue weighted by molar-refractivity contribution is 7.89. The van der Waals surface area contributed by atoms with Crippen LogP contribution >= 0.6 is 0 Å². The Hall–Kier alpha value is -2.13. The molecule has 0 spiro atoms. The summed E-state index contributed by atoms with van der Waals surface area (Å²) in [6.45, 7) is 0.869. The third-order valence-electron chi connectivity index (χ3n) is 4.82. The molecule has 0 unspecified atom stereocenters. The molecule has 2 heterocycles. The number of hydrogen-bond donors (Lipinski definition) is 0. The van der Waals surface area contributed by atoms with Crippen LogP contribution in [0.2, 0.25) is 0 Å². The molecule has 2 saturated heterocycles. The average molecular weight is 381 g/mol. The first-order chi connectivity index (χ1) is 12.4. The van der Waals surface area contributed by atoms with Gasteiger partial charge in [-0.25, -0.2) is 17.5 Å². The molecule has 2 aliphatic rings. The lowest BCUT2D eigenvalue weighted by Crippen LogP contribution is -2.48. The second-order valence-corrected chi connectivity index (χ2v) is 8.56. The van der Waals surface area contributed by atoms with E-state index in [1.54, 1.807) is 17.0 Å². The maximum atomic E-state index is 12.5. The van der Waals surface area contributed by atoms with Crippen LogP contribution in [0.5, 0.6) is 5.75 Å². The number of carbonyl (C=O) groups is 2. The van der Waals surface area contributed by atoms with E-state index in [0.717, 1.165) is 4.90 Å². The maximum absolute atomic E-state index is 12.5. The molecular weight excluding hydrogens is 358 g/mol. The number of carbonyl (C=O) groups excluding carboxylic acids is 2. The van der Waals surface area contributed by atoms with E-state index in [1.165, 1.54) is 11.4 Å². The van der Waals surface area contributed by atoms with Crippen molar-refractivity contribution in [2.75, 3.05) is 39.0 Å². The van der Waals surface area contributed by atoms with Crippen molar-refractivity contribution in [2.24, 2.45) is 0 Å². The molecule has 142 valence electrons. The zero-order chi connectivity index (χ0) is 18.7. The summed E-state index contributed by atoms with van der Waals surface area (Å²) in [7, 11) is -1.94. The van der Waals surface area contributed by atoms with Crippen molar-refractivity contribution >= 4 is 22.0 Å². The molecule has 1 aromatic carbocycles. The Labute approximate surface area is 153 Å². The number of likely N-dealkylation sites (N-methyl/N-ethyl adjacent to an activating group) is 1. The van der Waals surface area contributed by atoms with Crippen LogP contribution in [0.15, 0.2) is 30.3 Å². The Morgan fingerprint density at radius 3 is 2.35 bits per heavy atom. The lowest BCUT2D eigenvalue weighted by atomic mass is 10.1. The molecule has 0 aromatic heterocycles. The van der Waals surface area contributed by atoms with Gasteiger partial charge in [0.05, 0.1) is 5.75 Å². The van der Waals surface area contributed by atoms with Gasteiger partial charge >= 0.3 is 6.03 Å². The van der Waals surface area contributed by atoms with Gasteiger partial charge in [0, 0.05) is 26.2 Å². The number of para-hydroxylation sites is 1. The number of ether oxygens (including phenoxy) is 1. The van der Waals surface area contributed by atoms with E-state index in [0.29, 0.717) is 31.7 Å². The maximum Gasteiger partial charge on any atom is 0.327 e. The summed E-state index contributed by atoms with van der Waals surface area (Å²) in [4.78, 5) is 26.4. The lowest BCUT2D eigenvalue weighted by molar-refractivity contribution is -0.124. The van der Waals surface area contributed by atoms with Gasteiger partial charge in [0.2, 0.25) is 15.9 Å². The minimum Gasteiger partial charge on any atom is -0.492 e. The Kier molecular flexibility index (Phi) is 5.47. The highest BCUT2D eigenvalue weighted by atomic mass is 32.2. The van der Waals surface area contributed by atoms with Crippen molar-refractivity contribution in [1.29, 1.82) is 0 Å². The van der Waals surface area contributed by atoms with Gasteiger partial charge in [-0.1, -0.05) is 18.2 Å². The van der Waals surface area contributed by atoms with Crippen molar-refractivity contribution in [1.82, 2.24) is 14.1 Å². The fourth-order valence-corrected chi connectivity index (χ4v) is 4.57. The summed E-state index contributed by atoms with van der Waals surface area (Å²) < 4.78 is 31.9. The Morgan fingerprint density at radius 2 is 1.77 bits per heavy atom. The molecule has 3 amide bonds. The van der Waals surface area contributed by atoms with Crippen LogP contribution in [0.3, 0.4) is 0 Å². The van der Waals surface area contributed by atoms with Crippen LogP contribution < -0.4 is 4.74 Å². The van der Waals surface area contributed by atoms with Crippen LogP contribution in [0.1, 0.15) is 12.8 Å². The van der Waals surface area contributed by atoms with Crippen molar-refractivity contribution < 1.29 is 22.7 Å². The second-order valence-electron chi connectivity index (χ2n) is 6.47.